The van der Waals surface area contributed by atoms with Crippen LogP contribution in [0.1, 0.15) is 165 Å². The van der Waals surface area contributed by atoms with E-state index in [0.29, 0.717) is 12.0 Å². The number of hydrogen-bond donors (Lipinski definition) is 2. The number of carbonyl (C=O) groups is 1. The largest absolute Gasteiger partial charge is 0.507 e. The highest BCUT2D eigenvalue weighted by atomic mass is 16.4. The van der Waals surface area contributed by atoms with Gasteiger partial charge in [0.25, 0.3) is 0 Å². The van der Waals surface area contributed by atoms with E-state index >= 15 is 0 Å². The molecule has 1 rings (SSSR count). The number of aromatic hydroxyl groups is 1. The molecule has 3 nitrogen and oxygen atoms in total. The first-order valence-electron chi connectivity index (χ1n) is 14.0. The molecule has 1 aromatic rings. The van der Waals surface area contributed by atoms with Gasteiger partial charge in [0.05, 0.1) is 5.56 Å². The third-order valence-electron chi connectivity index (χ3n) is 6.98. The molecular weight excluding hydrogens is 420 g/mol. The molecule has 0 bridgehead atoms. The van der Waals surface area contributed by atoms with E-state index in [1.807, 2.05) is 20.8 Å². The fourth-order valence-corrected chi connectivity index (χ4v) is 5.04. The molecule has 0 heterocycles. The quantitative estimate of drug-likeness (QED) is 0.234. The van der Waals surface area contributed by atoms with Gasteiger partial charge in [-0.15, -0.1) is 0 Å². The number of phenols is 1. The number of rotatable bonds is 16. The molecule has 0 fully saturated rings. The van der Waals surface area contributed by atoms with Crippen molar-refractivity contribution in [1.82, 2.24) is 0 Å². The van der Waals surface area contributed by atoms with Gasteiger partial charge in [0.15, 0.2) is 0 Å². The summed E-state index contributed by atoms with van der Waals surface area (Å²) in [6, 6.07) is 1.71. The van der Waals surface area contributed by atoms with Crippen molar-refractivity contribution in [1.29, 1.82) is 0 Å². The van der Waals surface area contributed by atoms with Gasteiger partial charge >= 0.3 is 5.97 Å². The Morgan fingerprint density at radius 3 is 1.47 bits per heavy atom. The summed E-state index contributed by atoms with van der Waals surface area (Å²) in [5.41, 5.74) is 2.08. The van der Waals surface area contributed by atoms with E-state index in [1.165, 1.54) is 77.0 Å². The van der Waals surface area contributed by atoms with Crippen molar-refractivity contribution in [2.24, 2.45) is 0 Å². The van der Waals surface area contributed by atoms with Crippen LogP contribution in [0.4, 0.5) is 0 Å². The number of aromatic carboxylic acids is 1. The van der Waals surface area contributed by atoms with Crippen LogP contribution in [0.3, 0.4) is 0 Å². The second-order valence-electron chi connectivity index (χ2n) is 12.3. The average molecular weight is 475 g/mol. The van der Waals surface area contributed by atoms with Crippen LogP contribution < -0.4 is 0 Å². The first-order chi connectivity index (χ1) is 15.9. The van der Waals surface area contributed by atoms with Crippen LogP contribution in [0.2, 0.25) is 0 Å². The van der Waals surface area contributed by atoms with Gasteiger partial charge < -0.3 is 10.2 Å². The number of carboxylic acids is 1. The van der Waals surface area contributed by atoms with E-state index in [2.05, 4.69) is 27.7 Å². The summed E-state index contributed by atoms with van der Waals surface area (Å²) >= 11 is 0. The maximum absolute atomic E-state index is 12.2. The number of carboxylic acid groups (broad SMARTS) is 1. The second-order valence-corrected chi connectivity index (χ2v) is 12.3. The lowest BCUT2D eigenvalue weighted by Crippen LogP contribution is -2.22. The first kappa shape index (κ1) is 30.5. The molecule has 196 valence electrons. The molecule has 0 unspecified atom stereocenters. The van der Waals surface area contributed by atoms with Crippen LogP contribution in [0.25, 0.3) is 0 Å². The van der Waals surface area contributed by atoms with E-state index in [1.54, 1.807) is 6.07 Å². The molecule has 0 aromatic heterocycles. The number of benzene rings is 1. The van der Waals surface area contributed by atoms with E-state index < -0.39 is 5.97 Å². The van der Waals surface area contributed by atoms with Crippen molar-refractivity contribution < 1.29 is 15.0 Å². The predicted molar refractivity (Wildman–Crippen MR) is 146 cm³/mol. The van der Waals surface area contributed by atoms with Crippen molar-refractivity contribution >= 4 is 5.97 Å². The molecule has 0 spiro atoms. The summed E-state index contributed by atoms with van der Waals surface area (Å²) in [5.74, 6) is -0.610. The molecule has 0 saturated heterocycles. The van der Waals surface area contributed by atoms with E-state index in [4.69, 9.17) is 0 Å². The fraction of sp³-hybridized carbons (Fsp3) is 0.774. The Labute approximate surface area is 210 Å². The summed E-state index contributed by atoms with van der Waals surface area (Å²) in [7, 11) is 0. The minimum Gasteiger partial charge on any atom is -0.507 e. The lowest BCUT2D eigenvalue weighted by atomic mass is 9.74. The van der Waals surface area contributed by atoms with Gasteiger partial charge in [-0.3, -0.25) is 0 Å². The number of hydrogen-bond acceptors (Lipinski definition) is 2. The van der Waals surface area contributed by atoms with Crippen LogP contribution in [-0.4, -0.2) is 16.2 Å². The molecule has 0 aliphatic heterocycles. The minimum atomic E-state index is -0.892. The van der Waals surface area contributed by atoms with Crippen molar-refractivity contribution in [2.45, 2.75) is 156 Å². The summed E-state index contributed by atoms with van der Waals surface area (Å²) in [6.07, 6.45) is 19.0. The number of unbranched alkanes of at least 4 members (excludes halogenated alkanes) is 13. The molecule has 34 heavy (non-hydrogen) atoms. The lowest BCUT2D eigenvalue weighted by Gasteiger charge is -2.30. The Bertz CT molecular complexity index is 735. The topological polar surface area (TPSA) is 57.5 Å². The molecular formula is C31H54O3. The zero-order valence-electron chi connectivity index (χ0n) is 23.5. The minimum absolute atomic E-state index is 0.283. The van der Waals surface area contributed by atoms with Gasteiger partial charge in [0, 0.05) is 11.1 Å². The summed E-state index contributed by atoms with van der Waals surface area (Å²) in [6.45, 7) is 14.5. The third kappa shape index (κ3) is 10.4. The summed E-state index contributed by atoms with van der Waals surface area (Å²) in [5, 5.41) is 21.1. The Hall–Kier alpha value is -1.51. The van der Waals surface area contributed by atoms with Crippen LogP contribution in [0, 0.1) is 0 Å². The molecule has 0 atom stereocenters. The molecule has 0 radical (unpaired) electrons. The molecule has 3 heteroatoms. The molecule has 2 N–H and O–H groups in total. The van der Waals surface area contributed by atoms with Crippen molar-refractivity contribution in [3.63, 3.8) is 0 Å². The highest BCUT2D eigenvalue weighted by molar-refractivity contribution is 5.91. The predicted octanol–water partition coefficient (Wildman–Crippen LogP) is 9.71. The molecule has 0 aliphatic carbocycles. The zero-order valence-corrected chi connectivity index (χ0v) is 23.5. The van der Waals surface area contributed by atoms with Gasteiger partial charge in [-0.25, -0.2) is 4.79 Å². The maximum Gasteiger partial charge on any atom is 0.335 e. The number of phenolic OH excluding ortho intramolecular Hbond substituents is 1. The normalized spacial score (nSPS) is 12.3. The SMILES string of the molecule is CCCCCCCCCCCCCCCCc1c(C(=O)O)cc(C(C)(C)C)c(O)c1C(C)(C)C. The Balaban J connectivity index is 2.56. The van der Waals surface area contributed by atoms with Gasteiger partial charge in [-0.2, -0.15) is 0 Å². The maximum atomic E-state index is 12.2. The third-order valence-corrected chi connectivity index (χ3v) is 6.98. The second kappa shape index (κ2) is 14.8. The van der Waals surface area contributed by atoms with Gasteiger partial charge in [0.1, 0.15) is 5.75 Å². The van der Waals surface area contributed by atoms with Crippen molar-refractivity contribution in [2.75, 3.05) is 0 Å². The molecule has 0 saturated carbocycles. The van der Waals surface area contributed by atoms with Crippen LogP contribution in [0.15, 0.2) is 6.07 Å². The van der Waals surface area contributed by atoms with Crippen molar-refractivity contribution in [3.8, 4) is 5.75 Å². The van der Waals surface area contributed by atoms with E-state index in [0.717, 1.165) is 29.5 Å². The standard InChI is InChI=1S/C31H54O3/c1-8-9-10-11-12-13-14-15-16-17-18-19-20-21-22-24-25(29(33)34)23-26(30(2,3)4)28(32)27(24)31(5,6)7/h23,32H,8-22H2,1-7H3,(H,33,34). The molecule has 0 aliphatic rings. The lowest BCUT2D eigenvalue weighted by molar-refractivity contribution is 0.0695. The smallest absolute Gasteiger partial charge is 0.335 e. The van der Waals surface area contributed by atoms with Crippen LogP contribution in [0.5, 0.6) is 5.75 Å². The fourth-order valence-electron chi connectivity index (χ4n) is 5.04. The Morgan fingerprint density at radius 1 is 0.706 bits per heavy atom. The van der Waals surface area contributed by atoms with Gasteiger partial charge in [-0.1, -0.05) is 132 Å². The summed E-state index contributed by atoms with van der Waals surface area (Å²) in [4.78, 5) is 12.2. The highest BCUT2D eigenvalue weighted by Crippen LogP contribution is 2.43. The van der Waals surface area contributed by atoms with Crippen LogP contribution >= 0.6 is 0 Å². The van der Waals surface area contributed by atoms with Crippen LogP contribution in [-0.2, 0) is 17.3 Å². The van der Waals surface area contributed by atoms with Gasteiger partial charge in [0.2, 0.25) is 0 Å². The van der Waals surface area contributed by atoms with E-state index in [-0.39, 0.29) is 16.6 Å². The van der Waals surface area contributed by atoms with Gasteiger partial charge in [-0.05, 0) is 35.3 Å². The highest BCUT2D eigenvalue weighted by Gasteiger charge is 2.31. The average Bonchev–Trinajstić information content (AvgIpc) is 2.71. The van der Waals surface area contributed by atoms with Crippen molar-refractivity contribution in [3.05, 3.63) is 28.3 Å². The Morgan fingerprint density at radius 2 is 1.12 bits per heavy atom. The first-order valence-corrected chi connectivity index (χ1v) is 14.0. The van der Waals surface area contributed by atoms with E-state index in [9.17, 15) is 15.0 Å². The zero-order chi connectivity index (χ0) is 25.8. The Kier molecular flexibility index (Phi) is 13.3. The summed E-state index contributed by atoms with van der Waals surface area (Å²) < 4.78 is 0. The molecule has 1 aromatic carbocycles. The monoisotopic (exact) mass is 474 g/mol. The molecule has 0 amide bonds.